The van der Waals surface area contributed by atoms with E-state index in [1.165, 1.54) is 17.5 Å². The number of aromatic hydroxyl groups is 1. The van der Waals surface area contributed by atoms with Crippen molar-refractivity contribution in [3.8, 4) is 5.75 Å². The summed E-state index contributed by atoms with van der Waals surface area (Å²) < 4.78 is 1.59. The zero-order valence-electron chi connectivity index (χ0n) is 17.4. The van der Waals surface area contributed by atoms with Crippen LogP contribution in [0.15, 0.2) is 30.7 Å². The first kappa shape index (κ1) is 20.9. The first-order valence-corrected chi connectivity index (χ1v) is 10.9. The van der Waals surface area contributed by atoms with Gasteiger partial charge in [0.25, 0.3) is 5.91 Å². The Morgan fingerprint density at radius 2 is 1.97 bits per heavy atom. The molecule has 0 bridgehead atoms. The normalized spacial score (nSPS) is 13.4. The number of hydrogen-bond donors (Lipinski definition) is 3. The Morgan fingerprint density at radius 1 is 1.19 bits per heavy atom. The Labute approximate surface area is 183 Å². The van der Waals surface area contributed by atoms with Gasteiger partial charge in [-0.05, 0) is 38.3 Å². The molecule has 2 aromatic heterocycles. The van der Waals surface area contributed by atoms with Gasteiger partial charge in [-0.15, -0.1) is 0 Å². The number of phenolic OH excluding ortho intramolecular Hbond substituents is 1. The molecule has 9 nitrogen and oxygen atoms in total. The van der Waals surface area contributed by atoms with Gasteiger partial charge in [0.1, 0.15) is 17.2 Å². The second kappa shape index (κ2) is 8.76. The molecule has 1 aromatic carbocycles. The topological polar surface area (TPSA) is 112 Å². The third kappa shape index (κ3) is 4.69. The predicted octanol–water partition coefficient (Wildman–Crippen LogP) is 3.28. The van der Waals surface area contributed by atoms with Crippen molar-refractivity contribution in [3.05, 3.63) is 46.7 Å². The quantitative estimate of drug-likeness (QED) is 0.542. The molecule has 0 atom stereocenters. The monoisotopic (exact) mass is 440 g/mol. The zero-order valence-corrected chi connectivity index (χ0v) is 18.2. The lowest BCUT2D eigenvalue weighted by Gasteiger charge is -2.14. The van der Waals surface area contributed by atoms with Crippen LogP contribution in [0.25, 0.3) is 0 Å². The highest BCUT2D eigenvalue weighted by molar-refractivity contribution is 7.17. The van der Waals surface area contributed by atoms with Crippen LogP contribution in [0.2, 0.25) is 0 Å². The lowest BCUT2D eigenvalue weighted by atomic mass is 10.1. The van der Waals surface area contributed by atoms with Gasteiger partial charge in [0.05, 0.1) is 23.8 Å². The molecule has 1 aliphatic rings. The number of rotatable bonds is 6. The fourth-order valence-electron chi connectivity index (χ4n) is 3.48. The van der Waals surface area contributed by atoms with E-state index in [4.69, 9.17) is 0 Å². The van der Waals surface area contributed by atoms with Crippen LogP contribution in [0.1, 0.15) is 33.6 Å². The van der Waals surface area contributed by atoms with Crippen LogP contribution in [-0.2, 0) is 11.3 Å². The molecule has 1 aliphatic heterocycles. The van der Waals surface area contributed by atoms with Crippen LogP contribution in [0.3, 0.4) is 0 Å². The fraction of sp³-hybridized carbons (Fsp3) is 0.333. The molecule has 3 aromatic rings. The maximum atomic E-state index is 12.6. The van der Waals surface area contributed by atoms with Crippen molar-refractivity contribution in [2.45, 2.75) is 33.2 Å². The van der Waals surface area contributed by atoms with Gasteiger partial charge in [0, 0.05) is 24.8 Å². The van der Waals surface area contributed by atoms with E-state index < -0.39 is 0 Å². The predicted molar refractivity (Wildman–Crippen MR) is 119 cm³/mol. The Morgan fingerprint density at radius 3 is 2.74 bits per heavy atom. The molecular weight excluding hydrogens is 416 g/mol. The molecule has 4 rings (SSSR count). The van der Waals surface area contributed by atoms with E-state index in [1.807, 2.05) is 11.8 Å². The number of likely N-dealkylation sites (tertiary alicyclic amines) is 1. The Balaban J connectivity index is 1.38. The summed E-state index contributed by atoms with van der Waals surface area (Å²) in [7, 11) is 0. The number of benzene rings is 1. The average Bonchev–Trinajstić information content (AvgIpc) is 3.50. The molecule has 0 saturated carbocycles. The summed E-state index contributed by atoms with van der Waals surface area (Å²) in [6.45, 7) is 5.46. The molecular formula is C21H24N6O3S. The van der Waals surface area contributed by atoms with E-state index >= 15 is 0 Å². The molecule has 0 spiro atoms. The SMILES string of the molecule is Cc1ccc(O)c(C)c1NC(=O)c1cnc(Nc2cnn(CC(=O)N3CCCC3)c2)s1. The van der Waals surface area contributed by atoms with Gasteiger partial charge in [0.15, 0.2) is 5.13 Å². The highest BCUT2D eigenvalue weighted by Crippen LogP contribution is 2.29. The highest BCUT2D eigenvalue weighted by atomic mass is 32.1. The van der Waals surface area contributed by atoms with Crippen molar-refractivity contribution < 1.29 is 14.7 Å². The standard InChI is InChI=1S/C21H24N6O3S/c1-13-5-6-16(28)14(2)19(13)25-20(30)17-10-22-21(31-17)24-15-9-23-27(11-15)12-18(29)26-7-3-4-8-26/h5-6,9-11,28H,3-4,7-8,12H2,1-2H3,(H,22,24)(H,25,30). The number of amides is 2. The van der Waals surface area contributed by atoms with Crippen LogP contribution in [0.4, 0.5) is 16.5 Å². The number of carbonyl (C=O) groups excluding carboxylic acids is 2. The summed E-state index contributed by atoms with van der Waals surface area (Å²) in [6.07, 6.45) is 6.98. The highest BCUT2D eigenvalue weighted by Gasteiger charge is 2.19. The third-order valence-electron chi connectivity index (χ3n) is 5.25. The first-order chi connectivity index (χ1) is 14.9. The molecule has 2 amide bonds. The second-order valence-corrected chi connectivity index (χ2v) is 8.56. The van der Waals surface area contributed by atoms with Crippen molar-refractivity contribution in [1.82, 2.24) is 19.7 Å². The van der Waals surface area contributed by atoms with Gasteiger partial charge in [-0.1, -0.05) is 17.4 Å². The number of anilines is 3. The van der Waals surface area contributed by atoms with Crippen LogP contribution < -0.4 is 10.6 Å². The molecule has 10 heteroatoms. The zero-order chi connectivity index (χ0) is 22.0. The summed E-state index contributed by atoms with van der Waals surface area (Å²) in [6, 6.07) is 3.36. The van der Waals surface area contributed by atoms with E-state index in [-0.39, 0.29) is 24.1 Å². The molecule has 1 saturated heterocycles. The molecule has 3 N–H and O–H groups in total. The van der Waals surface area contributed by atoms with Crippen LogP contribution in [-0.4, -0.2) is 49.7 Å². The van der Waals surface area contributed by atoms with Crippen LogP contribution in [0.5, 0.6) is 5.75 Å². The number of phenols is 1. The van der Waals surface area contributed by atoms with Crippen molar-refractivity contribution in [2.75, 3.05) is 23.7 Å². The number of carbonyl (C=O) groups is 2. The minimum atomic E-state index is -0.297. The number of thiazole rings is 1. The molecule has 31 heavy (non-hydrogen) atoms. The van der Waals surface area contributed by atoms with Crippen molar-refractivity contribution in [3.63, 3.8) is 0 Å². The van der Waals surface area contributed by atoms with Crippen LogP contribution in [0, 0.1) is 13.8 Å². The van der Waals surface area contributed by atoms with Crippen molar-refractivity contribution in [1.29, 1.82) is 0 Å². The van der Waals surface area contributed by atoms with Gasteiger partial charge in [0.2, 0.25) is 5.91 Å². The van der Waals surface area contributed by atoms with Crippen molar-refractivity contribution >= 4 is 39.7 Å². The second-order valence-electron chi connectivity index (χ2n) is 7.52. The van der Waals surface area contributed by atoms with E-state index in [1.54, 1.807) is 36.1 Å². The first-order valence-electron chi connectivity index (χ1n) is 10.0. The number of nitrogens with zero attached hydrogens (tertiary/aromatic N) is 4. The summed E-state index contributed by atoms with van der Waals surface area (Å²) in [4.78, 5) is 31.4. The Bertz CT molecular complexity index is 1120. The fourth-order valence-corrected chi connectivity index (χ4v) is 4.22. The molecule has 0 radical (unpaired) electrons. The number of nitrogens with one attached hydrogen (secondary N) is 2. The minimum absolute atomic E-state index is 0.0675. The maximum absolute atomic E-state index is 12.6. The molecule has 1 fully saturated rings. The lowest BCUT2D eigenvalue weighted by molar-refractivity contribution is -0.130. The largest absolute Gasteiger partial charge is 0.508 e. The molecule has 0 unspecified atom stereocenters. The van der Waals surface area contributed by atoms with Crippen molar-refractivity contribution in [2.24, 2.45) is 0 Å². The molecule has 162 valence electrons. The minimum Gasteiger partial charge on any atom is -0.508 e. The van der Waals surface area contributed by atoms with Gasteiger partial charge >= 0.3 is 0 Å². The van der Waals surface area contributed by atoms with Gasteiger partial charge < -0.3 is 20.6 Å². The lowest BCUT2D eigenvalue weighted by Crippen LogP contribution is -2.31. The Hall–Kier alpha value is -3.40. The molecule has 0 aliphatic carbocycles. The summed E-state index contributed by atoms with van der Waals surface area (Å²) >= 11 is 1.21. The van der Waals surface area contributed by atoms with Gasteiger partial charge in [-0.2, -0.15) is 5.10 Å². The Kier molecular flexibility index (Phi) is 5.90. The van der Waals surface area contributed by atoms with E-state index in [0.29, 0.717) is 26.9 Å². The average molecular weight is 441 g/mol. The number of aryl methyl sites for hydroxylation is 1. The smallest absolute Gasteiger partial charge is 0.267 e. The molecule has 3 heterocycles. The summed E-state index contributed by atoms with van der Waals surface area (Å²) in [5.41, 5.74) is 2.77. The van der Waals surface area contributed by atoms with Crippen LogP contribution >= 0.6 is 11.3 Å². The summed E-state index contributed by atoms with van der Waals surface area (Å²) in [5.74, 6) is -0.0973. The van der Waals surface area contributed by atoms with Gasteiger partial charge in [-0.25, -0.2) is 4.98 Å². The number of aromatic nitrogens is 3. The third-order valence-corrected chi connectivity index (χ3v) is 6.16. The van der Waals surface area contributed by atoms with Gasteiger partial charge in [-0.3, -0.25) is 14.3 Å². The van der Waals surface area contributed by atoms with E-state index in [0.717, 1.165) is 31.5 Å². The van der Waals surface area contributed by atoms with E-state index in [9.17, 15) is 14.7 Å². The summed E-state index contributed by atoms with van der Waals surface area (Å²) in [5, 5.41) is 20.6. The van der Waals surface area contributed by atoms with E-state index in [2.05, 4.69) is 20.7 Å². The maximum Gasteiger partial charge on any atom is 0.267 e. The number of hydrogen-bond acceptors (Lipinski definition) is 7.